The number of ether oxygens (including phenoxy) is 2. The molecule has 0 aliphatic rings. The molecule has 0 fully saturated rings. The molecule has 1 amide bonds. The maximum absolute atomic E-state index is 12.4. The largest absolute Gasteiger partial charge is 0.493 e. The minimum absolute atomic E-state index is 0.0742. The van der Waals surface area contributed by atoms with E-state index in [0.717, 1.165) is 16.5 Å². The molecule has 24 heavy (non-hydrogen) atoms. The Balaban J connectivity index is 1.98. The van der Waals surface area contributed by atoms with E-state index in [1.54, 1.807) is 14.2 Å². The molecule has 0 spiro atoms. The molecule has 2 aromatic rings. The van der Waals surface area contributed by atoms with Crippen LogP contribution in [-0.2, 0) is 6.42 Å². The van der Waals surface area contributed by atoms with Crippen LogP contribution in [0.3, 0.4) is 0 Å². The number of amides is 1. The molecule has 0 aliphatic heterocycles. The monoisotopic (exact) mass is 394 g/mol. The molecule has 0 atom stereocenters. The highest BCUT2D eigenvalue weighted by Crippen LogP contribution is 2.27. The molecule has 1 N–H and O–H groups in total. The summed E-state index contributed by atoms with van der Waals surface area (Å²) >= 11 is 3.43. The third kappa shape index (κ3) is 4.32. The van der Waals surface area contributed by atoms with Crippen LogP contribution in [0.5, 0.6) is 11.5 Å². The summed E-state index contributed by atoms with van der Waals surface area (Å²) in [5.74, 6) is 1.32. The summed E-state index contributed by atoms with van der Waals surface area (Å²) in [7, 11) is 3.22. The average Bonchev–Trinajstić information content (AvgIpc) is 2.97. The highest BCUT2D eigenvalue weighted by molar-refractivity contribution is 9.10. The molecule has 0 unspecified atom stereocenters. The minimum Gasteiger partial charge on any atom is -0.493 e. The van der Waals surface area contributed by atoms with Crippen molar-refractivity contribution >= 4 is 21.8 Å². The number of carbonyl (C=O) groups is 1. The van der Waals surface area contributed by atoms with E-state index in [2.05, 4.69) is 21.2 Å². The maximum Gasteiger partial charge on any atom is 0.267 e. The van der Waals surface area contributed by atoms with Gasteiger partial charge < -0.3 is 19.4 Å². The molecular formula is C18H23BrN2O3. The second-order valence-corrected chi connectivity index (χ2v) is 6.66. The van der Waals surface area contributed by atoms with E-state index in [4.69, 9.17) is 9.47 Å². The summed E-state index contributed by atoms with van der Waals surface area (Å²) < 4.78 is 13.4. The molecule has 0 saturated carbocycles. The normalized spacial score (nSPS) is 10.8. The molecule has 2 rings (SSSR count). The zero-order valence-electron chi connectivity index (χ0n) is 14.4. The summed E-state index contributed by atoms with van der Waals surface area (Å²) in [6.45, 7) is 4.65. The number of rotatable bonds is 7. The minimum atomic E-state index is -0.0742. The van der Waals surface area contributed by atoms with Crippen LogP contribution in [0.15, 0.2) is 34.9 Å². The number of benzene rings is 1. The highest BCUT2D eigenvalue weighted by atomic mass is 79.9. The molecule has 0 radical (unpaired) electrons. The summed E-state index contributed by atoms with van der Waals surface area (Å²) in [5.41, 5.74) is 1.73. The number of aromatic nitrogens is 1. The topological polar surface area (TPSA) is 52.5 Å². The van der Waals surface area contributed by atoms with Crippen molar-refractivity contribution in [3.05, 3.63) is 46.2 Å². The van der Waals surface area contributed by atoms with E-state index >= 15 is 0 Å². The lowest BCUT2D eigenvalue weighted by molar-refractivity contribution is 0.0943. The third-order valence-corrected chi connectivity index (χ3v) is 4.19. The summed E-state index contributed by atoms with van der Waals surface area (Å²) in [6, 6.07) is 7.84. The first-order valence-electron chi connectivity index (χ1n) is 7.82. The molecule has 5 nitrogen and oxygen atoms in total. The number of halogens is 1. The fraction of sp³-hybridized carbons (Fsp3) is 0.389. The van der Waals surface area contributed by atoms with Gasteiger partial charge in [0.2, 0.25) is 0 Å². The Morgan fingerprint density at radius 1 is 1.21 bits per heavy atom. The van der Waals surface area contributed by atoms with Crippen molar-refractivity contribution in [2.45, 2.75) is 26.3 Å². The average molecular weight is 395 g/mol. The molecule has 6 heteroatoms. The van der Waals surface area contributed by atoms with Gasteiger partial charge in [0.1, 0.15) is 5.69 Å². The van der Waals surface area contributed by atoms with Crippen LogP contribution >= 0.6 is 15.9 Å². The van der Waals surface area contributed by atoms with Crippen molar-refractivity contribution in [3.63, 3.8) is 0 Å². The second kappa shape index (κ2) is 8.24. The Kier molecular flexibility index (Phi) is 6.31. The number of methoxy groups -OCH3 is 2. The predicted octanol–water partition coefficient (Wildman–Crippen LogP) is 3.82. The third-order valence-electron chi connectivity index (χ3n) is 3.75. The van der Waals surface area contributed by atoms with Gasteiger partial charge in [-0.3, -0.25) is 4.79 Å². The zero-order chi connectivity index (χ0) is 17.7. The van der Waals surface area contributed by atoms with E-state index < -0.39 is 0 Å². The van der Waals surface area contributed by atoms with Crippen LogP contribution in [0, 0.1) is 0 Å². The van der Waals surface area contributed by atoms with Gasteiger partial charge in [-0.2, -0.15) is 0 Å². The van der Waals surface area contributed by atoms with Gasteiger partial charge in [-0.1, -0.05) is 6.07 Å². The van der Waals surface area contributed by atoms with E-state index in [0.29, 0.717) is 23.7 Å². The Morgan fingerprint density at radius 2 is 1.92 bits per heavy atom. The predicted molar refractivity (Wildman–Crippen MR) is 98.1 cm³/mol. The van der Waals surface area contributed by atoms with Crippen LogP contribution in [0.2, 0.25) is 0 Å². The lowest BCUT2D eigenvalue weighted by Crippen LogP contribution is -2.28. The summed E-state index contributed by atoms with van der Waals surface area (Å²) in [5, 5.41) is 2.97. The van der Waals surface area contributed by atoms with Crippen molar-refractivity contribution in [2.75, 3.05) is 20.8 Å². The zero-order valence-corrected chi connectivity index (χ0v) is 16.0. The van der Waals surface area contributed by atoms with E-state index in [1.165, 1.54) is 0 Å². The molecule has 1 aromatic heterocycles. The van der Waals surface area contributed by atoms with Gasteiger partial charge in [-0.15, -0.1) is 0 Å². The molecule has 1 heterocycles. The lowest BCUT2D eigenvalue weighted by Gasteiger charge is -2.13. The molecular weight excluding hydrogens is 372 g/mol. The standard InChI is InChI=1S/C18H23BrN2O3/c1-12(2)21-11-14(19)10-15(21)18(22)20-8-7-13-5-6-16(23-3)17(9-13)24-4/h5-6,9-12H,7-8H2,1-4H3,(H,20,22). The van der Waals surface area contributed by atoms with E-state index in [1.807, 2.05) is 48.9 Å². The molecule has 0 bridgehead atoms. The second-order valence-electron chi connectivity index (χ2n) is 5.74. The van der Waals surface area contributed by atoms with Crippen molar-refractivity contribution < 1.29 is 14.3 Å². The van der Waals surface area contributed by atoms with Crippen LogP contribution < -0.4 is 14.8 Å². The van der Waals surface area contributed by atoms with Gasteiger partial charge in [0.25, 0.3) is 5.91 Å². The number of nitrogens with zero attached hydrogens (tertiary/aromatic N) is 1. The fourth-order valence-corrected chi connectivity index (χ4v) is 2.94. The number of nitrogens with one attached hydrogen (secondary N) is 1. The SMILES string of the molecule is COc1ccc(CCNC(=O)c2cc(Br)cn2C(C)C)cc1OC. The van der Waals surface area contributed by atoms with Crippen LogP contribution in [0.4, 0.5) is 0 Å². The van der Waals surface area contributed by atoms with E-state index in [9.17, 15) is 4.79 Å². The van der Waals surface area contributed by atoms with Gasteiger partial charge in [0, 0.05) is 23.3 Å². The first-order chi connectivity index (χ1) is 11.5. The summed E-state index contributed by atoms with van der Waals surface area (Å²) in [6.07, 6.45) is 2.64. The Bertz CT molecular complexity index is 710. The molecule has 0 aliphatic carbocycles. The van der Waals surface area contributed by atoms with Gasteiger partial charge in [-0.05, 0) is 60.0 Å². The Morgan fingerprint density at radius 3 is 2.54 bits per heavy atom. The van der Waals surface area contributed by atoms with Gasteiger partial charge in [0.05, 0.1) is 14.2 Å². The smallest absolute Gasteiger partial charge is 0.267 e. The molecule has 0 saturated heterocycles. The Labute approximate surface area is 151 Å². The van der Waals surface area contributed by atoms with Crippen molar-refractivity contribution in [2.24, 2.45) is 0 Å². The number of hydrogen-bond donors (Lipinski definition) is 1. The maximum atomic E-state index is 12.4. The molecule has 1 aromatic carbocycles. The van der Waals surface area contributed by atoms with Gasteiger partial charge >= 0.3 is 0 Å². The van der Waals surface area contributed by atoms with Gasteiger partial charge in [-0.25, -0.2) is 0 Å². The quantitative estimate of drug-likeness (QED) is 0.776. The highest BCUT2D eigenvalue weighted by Gasteiger charge is 2.14. The van der Waals surface area contributed by atoms with Crippen LogP contribution in [-0.4, -0.2) is 31.2 Å². The van der Waals surface area contributed by atoms with Crippen molar-refractivity contribution in [1.82, 2.24) is 9.88 Å². The first kappa shape index (κ1) is 18.4. The lowest BCUT2D eigenvalue weighted by atomic mass is 10.1. The number of hydrogen-bond acceptors (Lipinski definition) is 3. The number of carbonyl (C=O) groups excluding carboxylic acids is 1. The Hall–Kier alpha value is -1.95. The first-order valence-corrected chi connectivity index (χ1v) is 8.62. The van der Waals surface area contributed by atoms with Crippen molar-refractivity contribution in [1.29, 1.82) is 0 Å². The fourth-order valence-electron chi connectivity index (χ4n) is 2.50. The summed E-state index contributed by atoms with van der Waals surface area (Å²) in [4.78, 5) is 12.4. The van der Waals surface area contributed by atoms with E-state index in [-0.39, 0.29) is 11.9 Å². The van der Waals surface area contributed by atoms with Crippen LogP contribution in [0.25, 0.3) is 0 Å². The van der Waals surface area contributed by atoms with Crippen molar-refractivity contribution in [3.8, 4) is 11.5 Å². The molecule has 130 valence electrons. The van der Waals surface area contributed by atoms with Gasteiger partial charge in [0.15, 0.2) is 11.5 Å². The van der Waals surface area contributed by atoms with Crippen LogP contribution in [0.1, 0.15) is 35.9 Å².